The average molecular weight is 489 g/mol. The molecule has 1 heterocycles. The van der Waals surface area contributed by atoms with Crippen LogP contribution in [0.1, 0.15) is 95.1 Å². The minimum absolute atomic E-state index is 0.315. The Kier molecular flexibility index (Phi) is 10.3. The smallest absolute Gasteiger partial charge is 0.206 e. The molecular formula is C27H41F5Si. The molecule has 0 amide bonds. The molecule has 2 aliphatic rings. The number of unbranched alkanes of at least 4 members (excludes halogenated alkanes) is 3. The van der Waals surface area contributed by atoms with Gasteiger partial charge in [-0.25, -0.2) is 8.78 Å². The lowest BCUT2D eigenvalue weighted by molar-refractivity contribution is -0.142. The van der Waals surface area contributed by atoms with E-state index in [0.717, 1.165) is 49.1 Å². The molecule has 0 radical (unpaired) electrons. The Hall–Kier alpha value is -0.913. The Morgan fingerprint density at radius 1 is 0.818 bits per heavy atom. The minimum Gasteiger partial charge on any atom is -0.206 e. The van der Waals surface area contributed by atoms with Crippen molar-refractivity contribution in [3.8, 4) is 0 Å². The van der Waals surface area contributed by atoms with Gasteiger partial charge in [0, 0.05) is 8.80 Å². The number of hydrogen-bond acceptors (Lipinski definition) is 0. The van der Waals surface area contributed by atoms with Gasteiger partial charge in [0.15, 0.2) is 0 Å². The maximum atomic E-state index is 13.7. The Morgan fingerprint density at radius 3 is 2.00 bits per heavy atom. The number of benzene rings is 1. The highest BCUT2D eigenvalue weighted by Gasteiger charge is 2.38. The first-order valence-electron chi connectivity index (χ1n) is 13.3. The van der Waals surface area contributed by atoms with Gasteiger partial charge in [-0.3, -0.25) is 0 Å². The molecule has 1 saturated carbocycles. The standard InChI is InChI=1S/C27H41F5Si/c1-2-3-6-15-33-16-13-23(14-17-33)22-11-9-20(10-12-22)7-4-5-8-21-18-24(28)26(25(29)19-21)27(30,31)32/h18-20,22-23,33H,2-17H2,1H3/t20-,22-,23-,33-. The van der Waals surface area contributed by atoms with E-state index in [2.05, 4.69) is 6.92 Å². The molecule has 1 aromatic rings. The molecule has 3 rings (SSSR count). The van der Waals surface area contributed by atoms with Crippen molar-refractivity contribution in [1.29, 1.82) is 0 Å². The van der Waals surface area contributed by atoms with Crippen LogP contribution in [0.4, 0.5) is 22.0 Å². The molecule has 6 heteroatoms. The van der Waals surface area contributed by atoms with Crippen molar-refractivity contribution in [2.45, 2.75) is 115 Å². The van der Waals surface area contributed by atoms with E-state index in [1.54, 1.807) is 18.1 Å². The summed E-state index contributed by atoms with van der Waals surface area (Å²) < 4.78 is 65.5. The van der Waals surface area contributed by atoms with E-state index < -0.39 is 32.2 Å². The highest BCUT2D eigenvalue weighted by Crippen LogP contribution is 2.42. The summed E-state index contributed by atoms with van der Waals surface area (Å²) in [6.07, 6.45) is 10.7. The van der Waals surface area contributed by atoms with E-state index in [0.29, 0.717) is 12.0 Å². The van der Waals surface area contributed by atoms with E-state index in [-0.39, 0.29) is 0 Å². The van der Waals surface area contributed by atoms with Crippen molar-refractivity contribution in [2.24, 2.45) is 17.8 Å². The maximum Gasteiger partial charge on any atom is 0.422 e. The quantitative estimate of drug-likeness (QED) is 0.175. The third-order valence-electron chi connectivity index (χ3n) is 8.38. The van der Waals surface area contributed by atoms with Gasteiger partial charge >= 0.3 is 6.18 Å². The molecular weight excluding hydrogens is 447 g/mol. The lowest BCUT2D eigenvalue weighted by atomic mass is 9.73. The van der Waals surface area contributed by atoms with Gasteiger partial charge < -0.3 is 0 Å². The van der Waals surface area contributed by atoms with Crippen molar-refractivity contribution in [3.63, 3.8) is 0 Å². The molecule has 0 bridgehead atoms. The summed E-state index contributed by atoms with van der Waals surface area (Å²) in [5, 5.41) is 0. The van der Waals surface area contributed by atoms with Crippen molar-refractivity contribution in [2.75, 3.05) is 0 Å². The van der Waals surface area contributed by atoms with E-state index in [9.17, 15) is 22.0 Å². The summed E-state index contributed by atoms with van der Waals surface area (Å²) in [7, 11) is -0.429. The van der Waals surface area contributed by atoms with Crippen LogP contribution >= 0.6 is 0 Å². The zero-order chi connectivity index (χ0) is 23.8. The Bertz CT molecular complexity index is 693. The fourth-order valence-electron chi connectivity index (χ4n) is 6.38. The predicted octanol–water partition coefficient (Wildman–Crippen LogP) is 9.33. The van der Waals surface area contributed by atoms with Crippen LogP contribution in [0.3, 0.4) is 0 Å². The van der Waals surface area contributed by atoms with E-state index >= 15 is 0 Å². The second-order valence-corrected chi connectivity index (χ2v) is 14.2. The topological polar surface area (TPSA) is 0 Å². The highest BCUT2D eigenvalue weighted by molar-refractivity contribution is 6.58. The minimum atomic E-state index is -5.00. The lowest BCUT2D eigenvalue weighted by Gasteiger charge is -2.37. The van der Waals surface area contributed by atoms with Crippen molar-refractivity contribution >= 4 is 8.80 Å². The van der Waals surface area contributed by atoms with Gasteiger partial charge in [-0.1, -0.05) is 82.8 Å². The number of rotatable bonds is 10. The predicted molar refractivity (Wildman–Crippen MR) is 128 cm³/mol. The largest absolute Gasteiger partial charge is 0.422 e. The summed E-state index contributed by atoms with van der Waals surface area (Å²) in [4.78, 5) is 0. The summed E-state index contributed by atoms with van der Waals surface area (Å²) in [5.41, 5.74) is -1.47. The van der Waals surface area contributed by atoms with Crippen LogP contribution in [0.25, 0.3) is 0 Å². The molecule has 1 aromatic carbocycles. The molecule has 1 aliphatic heterocycles. The summed E-state index contributed by atoms with van der Waals surface area (Å²) in [6.45, 7) is 2.29. The second-order valence-electron chi connectivity index (χ2n) is 10.7. The van der Waals surface area contributed by atoms with Crippen LogP contribution in [-0.4, -0.2) is 8.80 Å². The Balaban J connectivity index is 1.32. The van der Waals surface area contributed by atoms with Crippen LogP contribution in [-0.2, 0) is 12.6 Å². The maximum absolute atomic E-state index is 13.7. The van der Waals surface area contributed by atoms with Crippen LogP contribution in [0.15, 0.2) is 12.1 Å². The van der Waals surface area contributed by atoms with Crippen LogP contribution < -0.4 is 0 Å². The monoisotopic (exact) mass is 488 g/mol. The molecule has 0 N–H and O–H groups in total. The third kappa shape index (κ3) is 8.07. The average Bonchev–Trinajstić information content (AvgIpc) is 2.76. The first kappa shape index (κ1) is 26.7. The molecule has 0 nitrogen and oxygen atoms in total. The first-order chi connectivity index (χ1) is 15.8. The van der Waals surface area contributed by atoms with Gasteiger partial charge in [0.25, 0.3) is 0 Å². The molecule has 0 unspecified atom stereocenters. The summed E-state index contributed by atoms with van der Waals surface area (Å²) in [5.74, 6) is -0.390. The van der Waals surface area contributed by atoms with Gasteiger partial charge in [0.1, 0.15) is 17.2 Å². The lowest BCUT2D eigenvalue weighted by Crippen LogP contribution is -2.28. The Labute approximate surface area is 198 Å². The van der Waals surface area contributed by atoms with Gasteiger partial charge in [-0.15, -0.1) is 0 Å². The molecule has 0 aromatic heterocycles. The van der Waals surface area contributed by atoms with Crippen LogP contribution in [0, 0.1) is 29.4 Å². The molecule has 2 fully saturated rings. The SMILES string of the molecule is CCCCC[Si@H]1CC[C@H]([C@H]2CC[C@H](CCCCc3cc(F)c(C(F)(F)F)c(F)c3)CC2)CC1. The second kappa shape index (κ2) is 12.7. The van der Waals surface area contributed by atoms with Crippen LogP contribution in [0.2, 0.25) is 18.1 Å². The van der Waals surface area contributed by atoms with Gasteiger partial charge in [0.05, 0.1) is 0 Å². The van der Waals surface area contributed by atoms with Crippen molar-refractivity contribution < 1.29 is 22.0 Å². The van der Waals surface area contributed by atoms with Gasteiger partial charge in [-0.05, 0) is 61.1 Å². The molecule has 0 spiro atoms. The van der Waals surface area contributed by atoms with E-state index in [4.69, 9.17) is 0 Å². The summed E-state index contributed by atoms with van der Waals surface area (Å²) in [6, 6.07) is 6.40. The zero-order valence-corrected chi connectivity index (χ0v) is 21.3. The number of aryl methyl sites for hydroxylation is 1. The van der Waals surface area contributed by atoms with Crippen molar-refractivity contribution in [3.05, 3.63) is 34.9 Å². The number of alkyl halides is 3. The molecule has 33 heavy (non-hydrogen) atoms. The Morgan fingerprint density at radius 2 is 1.42 bits per heavy atom. The van der Waals surface area contributed by atoms with Gasteiger partial charge in [-0.2, -0.15) is 13.2 Å². The zero-order valence-electron chi connectivity index (χ0n) is 20.2. The van der Waals surface area contributed by atoms with Crippen LogP contribution in [0.5, 0.6) is 0 Å². The molecule has 1 aliphatic carbocycles. The normalized spacial score (nSPS) is 26.5. The molecule has 1 saturated heterocycles. The number of hydrogen-bond donors (Lipinski definition) is 0. The van der Waals surface area contributed by atoms with E-state index in [1.165, 1.54) is 57.8 Å². The highest BCUT2D eigenvalue weighted by atomic mass is 28.3. The van der Waals surface area contributed by atoms with Gasteiger partial charge in [0.2, 0.25) is 0 Å². The fourth-order valence-corrected chi connectivity index (χ4v) is 9.91. The fraction of sp³-hybridized carbons (Fsp3) is 0.778. The van der Waals surface area contributed by atoms with Crippen molar-refractivity contribution in [1.82, 2.24) is 0 Å². The van der Waals surface area contributed by atoms with E-state index in [1.807, 2.05) is 0 Å². The summed E-state index contributed by atoms with van der Waals surface area (Å²) >= 11 is 0. The molecule has 188 valence electrons. The number of halogens is 5. The first-order valence-corrected chi connectivity index (χ1v) is 15.8. The third-order valence-corrected chi connectivity index (χ3v) is 11.9. The molecule has 0 atom stereocenters.